The highest BCUT2D eigenvalue weighted by Crippen LogP contribution is 2.19. The molecule has 0 aliphatic heterocycles. The maximum absolute atomic E-state index is 13.1. The average Bonchev–Trinajstić information content (AvgIpc) is 2.71. The number of benzene rings is 2. The molecule has 2 aromatic rings. The lowest BCUT2D eigenvalue weighted by Crippen LogP contribution is -2.49. The molecule has 0 saturated carbocycles. The molecule has 2 amide bonds. The van der Waals surface area contributed by atoms with Crippen LogP contribution in [0.5, 0.6) is 0 Å². The maximum Gasteiger partial charge on any atom is 0.242 e. The molecule has 1 N–H and O–H groups in total. The molecular formula is C23H29BrN2O2S. The SMILES string of the molecule is CCNC(=O)[C@@H](CC)N(Cc1ccc(C)cc1)C(=O)CSCc1ccc(Br)cc1. The first-order valence-electron chi connectivity index (χ1n) is 9.89. The number of carbonyl (C=O) groups excluding carboxylic acids is 2. The van der Waals surface area contributed by atoms with Gasteiger partial charge in [0.05, 0.1) is 5.75 Å². The molecule has 6 heteroatoms. The molecule has 0 fully saturated rings. The van der Waals surface area contributed by atoms with Gasteiger partial charge in [-0.05, 0) is 43.5 Å². The quantitative estimate of drug-likeness (QED) is 0.528. The number of nitrogens with one attached hydrogen (secondary N) is 1. The van der Waals surface area contributed by atoms with Crippen LogP contribution in [0.15, 0.2) is 53.0 Å². The molecule has 0 spiro atoms. The van der Waals surface area contributed by atoms with Crippen LogP contribution in [-0.2, 0) is 21.9 Å². The van der Waals surface area contributed by atoms with E-state index in [1.165, 1.54) is 11.1 Å². The molecule has 1 atom stereocenters. The van der Waals surface area contributed by atoms with Crippen molar-refractivity contribution in [1.82, 2.24) is 10.2 Å². The van der Waals surface area contributed by atoms with Crippen LogP contribution < -0.4 is 5.32 Å². The number of likely N-dealkylation sites (N-methyl/N-ethyl adjacent to an activating group) is 1. The molecule has 4 nitrogen and oxygen atoms in total. The molecule has 0 aromatic heterocycles. The lowest BCUT2D eigenvalue weighted by atomic mass is 10.1. The highest BCUT2D eigenvalue weighted by Gasteiger charge is 2.28. The number of thioether (sulfide) groups is 1. The number of halogens is 1. The van der Waals surface area contributed by atoms with Crippen molar-refractivity contribution >= 4 is 39.5 Å². The van der Waals surface area contributed by atoms with E-state index in [0.29, 0.717) is 25.3 Å². The lowest BCUT2D eigenvalue weighted by molar-refractivity contribution is -0.139. The van der Waals surface area contributed by atoms with Crippen LogP contribution in [0, 0.1) is 6.92 Å². The van der Waals surface area contributed by atoms with Gasteiger partial charge in [0.15, 0.2) is 0 Å². The molecule has 0 radical (unpaired) electrons. The van der Waals surface area contributed by atoms with E-state index in [0.717, 1.165) is 15.8 Å². The Bertz CT molecular complexity index is 794. The van der Waals surface area contributed by atoms with Crippen LogP contribution in [0.2, 0.25) is 0 Å². The summed E-state index contributed by atoms with van der Waals surface area (Å²) < 4.78 is 1.04. The number of hydrogen-bond donors (Lipinski definition) is 1. The smallest absolute Gasteiger partial charge is 0.242 e. The van der Waals surface area contributed by atoms with Crippen LogP contribution in [0.3, 0.4) is 0 Å². The molecule has 0 unspecified atom stereocenters. The van der Waals surface area contributed by atoms with Crippen LogP contribution in [-0.4, -0.2) is 35.1 Å². The van der Waals surface area contributed by atoms with Gasteiger partial charge in [-0.1, -0.05) is 64.8 Å². The van der Waals surface area contributed by atoms with Gasteiger partial charge in [0.25, 0.3) is 0 Å². The Labute approximate surface area is 186 Å². The molecule has 2 aromatic carbocycles. The van der Waals surface area contributed by atoms with Gasteiger partial charge >= 0.3 is 0 Å². The minimum absolute atomic E-state index is 0.00853. The zero-order valence-corrected chi connectivity index (χ0v) is 19.7. The fraction of sp³-hybridized carbons (Fsp3) is 0.391. The van der Waals surface area contributed by atoms with Crippen molar-refractivity contribution in [2.75, 3.05) is 12.3 Å². The van der Waals surface area contributed by atoms with Gasteiger partial charge in [0.2, 0.25) is 11.8 Å². The Morgan fingerprint density at radius 3 is 2.24 bits per heavy atom. The second kappa shape index (κ2) is 12.0. The van der Waals surface area contributed by atoms with Gasteiger partial charge in [0, 0.05) is 23.3 Å². The zero-order valence-electron chi connectivity index (χ0n) is 17.3. The molecule has 29 heavy (non-hydrogen) atoms. The van der Waals surface area contributed by atoms with E-state index in [1.807, 2.05) is 57.2 Å². The van der Waals surface area contributed by atoms with Gasteiger partial charge in [-0.15, -0.1) is 11.8 Å². The van der Waals surface area contributed by atoms with Gasteiger partial charge in [-0.2, -0.15) is 0 Å². The molecular weight excluding hydrogens is 448 g/mol. The van der Waals surface area contributed by atoms with E-state index >= 15 is 0 Å². The van der Waals surface area contributed by atoms with Crippen molar-refractivity contribution in [3.8, 4) is 0 Å². The van der Waals surface area contributed by atoms with Crippen molar-refractivity contribution in [2.45, 2.75) is 45.5 Å². The van der Waals surface area contributed by atoms with Crippen molar-refractivity contribution in [1.29, 1.82) is 0 Å². The minimum atomic E-state index is -0.461. The third-order valence-electron chi connectivity index (χ3n) is 4.62. The highest BCUT2D eigenvalue weighted by atomic mass is 79.9. The summed E-state index contributed by atoms with van der Waals surface area (Å²) in [4.78, 5) is 27.4. The first-order valence-corrected chi connectivity index (χ1v) is 11.8. The van der Waals surface area contributed by atoms with Gasteiger partial charge in [-0.3, -0.25) is 9.59 Å². The Balaban J connectivity index is 2.08. The summed E-state index contributed by atoms with van der Waals surface area (Å²) in [7, 11) is 0. The maximum atomic E-state index is 13.1. The van der Waals surface area contributed by atoms with Gasteiger partial charge in [0.1, 0.15) is 6.04 Å². The van der Waals surface area contributed by atoms with E-state index in [2.05, 4.69) is 33.4 Å². The number of aryl methyl sites for hydroxylation is 1. The molecule has 0 aliphatic rings. The highest BCUT2D eigenvalue weighted by molar-refractivity contribution is 9.10. The van der Waals surface area contributed by atoms with Crippen molar-refractivity contribution in [3.63, 3.8) is 0 Å². The summed E-state index contributed by atoms with van der Waals surface area (Å²) in [6, 6.07) is 15.8. The fourth-order valence-corrected chi connectivity index (χ4v) is 4.16. The standard InChI is InChI=1S/C23H29BrN2O2S/c1-4-21(23(28)25-5-2)26(14-18-8-6-17(3)7-9-18)22(27)16-29-15-19-10-12-20(24)13-11-19/h6-13,21H,4-5,14-16H2,1-3H3,(H,25,28)/t21-/m1/s1. The Morgan fingerprint density at radius 2 is 1.66 bits per heavy atom. The second-order valence-electron chi connectivity index (χ2n) is 6.95. The van der Waals surface area contributed by atoms with E-state index in [-0.39, 0.29) is 11.8 Å². The number of amides is 2. The predicted octanol–water partition coefficient (Wildman–Crippen LogP) is 4.93. The van der Waals surface area contributed by atoms with Crippen LogP contribution in [0.25, 0.3) is 0 Å². The number of nitrogens with zero attached hydrogens (tertiary/aromatic N) is 1. The summed E-state index contributed by atoms with van der Waals surface area (Å²) in [6.07, 6.45) is 0.584. The monoisotopic (exact) mass is 476 g/mol. The summed E-state index contributed by atoms with van der Waals surface area (Å²) in [5.41, 5.74) is 3.38. The molecule has 156 valence electrons. The summed E-state index contributed by atoms with van der Waals surface area (Å²) in [5.74, 6) is 1.01. The number of rotatable bonds is 10. The molecule has 2 rings (SSSR count). The topological polar surface area (TPSA) is 49.4 Å². The summed E-state index contributed by atoms with van der Waals surface area (Å²) in [5, 5.41) is 2.87. The van der Waals surface area contributed by atoms with E-state index in [1.54, 1.807) is 16.7 Å². The normalized spacial score (nSPS) is 11.7. The third-order valence-corrected chi connectivity index (χ3v) is 6.14. The molecule has 0 heterocycles. The second-order valence-corrected chi connectivity index (χ2v) is 8.85. The Kier molecular flexibility index (Phi) is 9.74. The lowest BCUT2D eigenvalue weighted by Gasteiger charge is -2.30. The van der Waals surface area contributed by atoms with Crippen LogP contribution in [0.1, 0.15) is 37.0 Å². The predicted molar refractivity (Wildman–Crippen MR) is 125 cm³/mol. The summed E-state index contributed by atoms with van der Waals surface area (Å²) >= 11 is 5.01. The Morgan fingerprint density at radius 1 is 1.03 bits per heavy atom. The molecule has 0 bridgehead atoms. The average molecular weight is 477 g/mol. The van der Waals surface area contributed by atoms with Crippen molar-refractivity contribution in [2.24, 2.45) is 0 Å². The van der Waals surface area contributed by atoms with Crippen LogP contribution in [0.4, 0.5) is 0 Å². The first kappa shape index (κ1) is 23.5. The Hall–Kier alpha value is -1.79. The molecule has 0 aliphatic carbocycles. The van der Waals surface area contributed by atoms with Gasteiger partial charge in [-0.25, -0.2) is 0 Å². The third kappa shape index (κ3) is 7.52. The molecule has 0 saturated heterocycles. The number of hydrogen-bond acceptors (Lipinski definition) is 3. The van der Waals surface area contributed by atoms with Crippen molar-refractivity contribution in [3.05, 3.63) is 69.7 Å². The van der Waals surface area contributed by atoms with Crippen molar-refractivity contribution < 1.29 is 9.59 Å². The van der Waals surface area contributed by atoms with E-state index < -0.39 is 6.04 Å². The van der Waals surface area contributed by atoms with E-state index in [4.69, 9.17) is 0 Å². The first-order chi connectivity index (χ1) is 13.9. The zero-order chi connectivity index (χ0) is 21.2. The number of carbonyl (C=O) groups is 2. The van der Waals surface area contributed by atoms with Crippen LogP contribution >= 0.6 is 27.7 Å². The minimum Gasteiger partial charge on any atom is -0.355 e. The fourth-order valence-electron chi connectivity index (χ4n) is 3.02. The summed E-state index contributed by atoms with van der Waals surface area (Å²) in [6.45, 7) is 6.87. The largest absolute Gasteiger partial charge is 0.355 e. The van der Waals surface area contributed by atoms with Gasteiger partial charge < -0.3 is 10.2 Å². The van der Waals surface area contributed by atoms with E-state index in [9.17, 15) is 9.59 Å².